The molecule has 24 heavy (non-hydrogen) atoms. The van der Waals surface area contributed by atoms with Crippen molar-refractivity contribution in [3.05, 3.63) is 40.0 Å². The number of nitrogens with zero attached hydrogens (tertiary/aromatic N) is 2. The van der Waals surface area contributed by atoms with E-state index in [-0.39, 0.29) is 26.4 Å². The normalized spacial score (nSPS) is 11.8. The number of benzene rings is 1. The number of rotatable bonds is 7. The molecule has 2 aromatic rings. The second kappa shape index (κ2) is 8.79. The average Bonchev–Trinajstić information content (AvgIpc) is 3.00. The maximum absolute atomic E-state index is 11.8. The van der Waals surface area contributed by atoms with Crippen LogP contribution in [0.15, 0.2) is 24.3 Å². The molecule has 1 unspecified atom stereocenters. The Bertz CT molecular complexity index is 749. The summed E-state index contributed by atoms with van der Waals surface area (Å²) < 4.78 is 12.1. The number of esters is 1. The number of methoxy groups -OCH3 is 1. The molecule has 126 valence electrons. The van der Waals surface area contributed by atoms with Gasteiger partial charge in [-0.15, -0.1) is 0 Å². The number of ether oxygens (including phenoxy) is 2. The van der Waals surface area contributed by atoms with Gasteiger partial charge in [-0.3, -0.25) is 0 Å². The van der Waals surface area contributed by atoms with E-state index in [0.29, 0.717) is 17.7 Å². The van der Waals surface area contributed by atoms with E-state index in [4.69, 9.17) is 14.7 Å². The van der Waals surface area contributed by atoms with E-state index in [9.17, 15) is 4.79 Å². The van der Waals surface area contributed by atoms with Crippen LogP contribution in [0.25, 0.3) is 10.1 Å². The molecule has 2 rings (SSSR count). The van der Waals surface area contributed by atoms with Crippen LogP contribution < -0.4 is 0 Å². The molecule has 1 atom stereocenters. The molecular weight excluding hydrogens is 371 g/mol. The van der Waals surface area contributed by atoms with Gasteiger partial charge in [-0.2, -0.15) is 0 Å². The summed E-state index contributed by atoms with van der Waals surface area (Å²) in [6.45, 7) is 4.66. The van der Waals surface area contributed by atoms with Crippen LogP contribution in [-0.4, -0.2) is 39.2 Å². The summed E-state index contributed by atoms with van der Waals surface area (Å²) in [5.74, 6) is -0.389. The van der Waals surface area contributed by atoms with E-state index in [2.05, 4.69) is 11.1 Å². The molecule has 1 heterocycles. The van der Waals surface area contributed by atoms with E-state index >= 15 is 0 Å². The number of carbonyl (C=O) groups is 1. The monoisotopic (exact) mass is 392 g/mol. The van der Waals surface area contributed by atoms with Gasteiger partial charge >= 0.3 is 148 Å². The van der Waals surface area contributed by atoms with E-state index in [0.717, 1.165) is 27.8 Å². The third-order valence-corrected chi connectivity index (χ3v) is 6.12. The molecule has 0 bridgehead atoms. The number of carbonyl (C=O) groups excluding carboxylic acids is 1. The molecule has 1 aromatic carbocycles. The number of aromatic nitrogens is 1. The fourth-order valence-corrected chi connectivity index (χ4v) is 4.40. The summed E-state index contributed by atoms with van der Waals surface area (Å²) in [5, 5.41) is 8.99. The Morgan fingerprint density at radius 3 is 2.83 bits per heavy atom. The van der Waals surface area contributed by atoms with Gasteiger partial charge in [0.2, 0.25) is 0 Å². The summed E-state index contributed by atoms with van der Waals surface area (Å²) in [6.07, 6.45) is 0.777. The van der Waals surface area contributed by atoms with Crippen LogP contribution in [-0.2, 0) is 16.1 Å². The molecule has 0 amide bonds. The molecule has 0 fully saturated rings. The third kappa shape index (κ3) is 4.33. The molecule has 0 aliphatic heterocycles. The zero-order valence-electron chi connectivity index (χ0n) is 14.0. The number of hydrogen-bond acceptors (Lipinski definition) is 5. The van der Waals surface area contributed by atoms with Crippen LogP contribution in [0, 0.1) is 24.2 Å². The van der Waals surface area contributed by atoms with Crippen molar-refractivity contribution >= 4 is 20.5 Å². The van der Waals surface area contributed by atoms with Gasteiger partial charge in [0.25, 0.3) is 0 Å². The zero-order valence-corrected chi connectivity index (χ0v) is 15.7. The van der Waals surface area contributed by atoms with Crippen molar-refractivity contribution in [3.63, 3.8) is 0 Å². The summed E-state index contributed by atoms with van der Waals surface area (Å²) >= 11 is -0.175. The Morgan fingerprint density at radius 1 is 1.42 bits per heavy atom. The van der Waals surface area contributed by atoms with Crippen molar-refractivity contribution in [2.45, 2.75) is 26.9 Å². The van der Waals surface area contributed by atoms with Gasteiger partial charge in [0.1, 0.15) is 0 Å². The first kappa shape index (κ1) is 18.4. The van der Waals surface area contributed by atoms with Crippen LogP contribution in [0.1, 0.15) is 33.8 Å². The minimum atomic E-state index is -0.306. The zero-order chi connectivity index (χ0) is 17.5. The predicted molar refractivity (Wildman–Crippen MR) is 91.7 cm³/mol. The molecule has 0 N–H and O–H groups in total. The second-order valence-electron chi connectivity index (χ2n) is 5.33. The van der Waals surface area contributed by atoms with Crippen molar-refractivity contribution in [2.75, 3.05) is 13.7 Å². The average molecular weight is 391 g/mol. The van der Waals surface area contributed by atoms with Gasteiger partial charge in [0.15, 0.2) is 0 Å². The molecule has 0 saturated heterocycles. The summed E-state index contributed by atoms with van der Waals surface area (Å²) in [5.41, 5.74) is 2.74. The number of hydrogen-bond donors (Lipinski definition) is 0. The fourth-order valence-electron chi connectivity index (χ4n) is 2.21. The Labute approximate surface area is 148 Å². The van der Waals surface area contributed by atoms with Gasteiger partial charge in [0, 0.05) is 0 Å². The molecule has 6 heteroatoms. The quantitative estimate of drug-likeness (QED) is 0.536. The van der Waals surface area contributed by atoms with Crippen molar-refractivity contribution in [1.29, 1.82) is 5.26 Å². The standard InChI is InChI=1S/C18H20N2O3Se/c1-4-13(9-19)10-23-11-14-7-5-6-8-15(14)17-20-12(2)16(24-17)18(21)22-3/h5-8,13H,4,10-11H2,1-3H3. The van der Waals surface area contributed by atoms with E-state index in [1.807, 2.05) is 38.1 Å². The summed E-state index contributed by atoms with van der Waals surface area (Å²) in [4.78, 5) is 16.4. The number of aryl methyl sites for hydroxylation is 1. The summed E-state index contributed by atoms with van der Waals surface area (Å²) in [7, 11) is 1.39. The Kier molecular flexibility index (Phi) is 6.74. The van der Waals surface area contributed by atoms with Gasteiger partial charge in [-0.1, -0.05) is 0 Å². The van der Waals surface area contributed by atoms with Crippen molar-refractivity contribution in [3.8, 4) is 16.2 Å². The topological polar surface area (TPSA) is 72.2 Å². The van der Waals surface area contributed by atoms with Crippen LogP contribution >= 0.6 is 0 Å². The maximum atomic E-state index is 11.8. The molecule has 5 nitrogen and oxygen atoms in total. The van der Waals surface area contributed by atoms with Gasteiger partial charge in [0.05, 0.1) is 0 Å². The molecular formula is C18H20N2O3Se. The summed E-state index contributed by atoms with van der Waals surface area (Å²) in [6, 6.07) is 10.1. The SMILES string of the molecule is CCC(C#N)COCc1ccccc1-c1nc(C)c(C(=O)OC)[se]1. The van der Waals surface area contributed by atoms with Crippen molar-refractivity contribution in [1.82, 2.24) is 4.98 Å². The molecule has 1 aromatic heterocycles. The first-order valence-electron chi connectivity index (χ1n) is 7.72. The third-order valence-electron chi connectivity index (χ3n) is 3.67. The van der Waals surface area contributed by atoms with Crippen LogP contribution in [0.4, 0.5) is 0 Å². The Morgan fingerprint density at radius 2 is 2.17 bits per heavy atom. The van der Waals surface area contributed by atoms with Gasteiger partial charge in [-0.05, 0) is 0 Å². The molecule has 0 aliphatic rings. The first-order valence-corrected chi connectivity index (χ1v) is 9.43. The second-order valence-corrected chi connectivity index (χ2v) is 7.43. The van der Waals surface area contributed by atoms with E-state index < -0.39 is 0 Å². The molecule has 0 aliphatic carbocycles. The first-order chi connectivity index (χ1) is 11.6. The van der Waals surface area contributed by atoms with Crippen LogP contribution in [0.2, 0.25) is 0 Å². The van der Waals surface area contributed by atoms with Gasteiger partial charge < -0.3 is 0 Å². The van der Waals surface area contributed by atoms with Crippen LogP contribution in [0.5, 0.6) is 0 Å². The van der Waals surface area contributed by atoms with Gasteiger partial charge in [-0.25, -0.2) is 0 Å². The van der Waals surface area contributed by atoms with Crippen molar-refractivity contribution < 1.29 is 14.3 Å². The Hall–Kier alpha value is -1.93. The molecule has 0 spiro atoms. The van der Waals surface area contributed by atoms with Crippen molar-refractivity contribution in [2.24, 2.45) is 5.92 Å². The number of nitriles is 1. The predicted octanol–water partition coefficient (Wildman–Crippen LogP) is 2.97. The molecule has 0 radical (unpaired) electrons. The van der Waals surface area contributed by atoms with E-state index in [1.165, 1.54) is 7.11 Å². The fraction of sp³-hybridized carbons (Fsp3) is 0.389. The Balaban J connectivity index is 2.20. The van der Waals surface area contributed by atoms with E-state index in [1.54, 1.807) is 0 Å². The van der Waals surface area contributed by atoms with Crippen LogP contribution in [0.3, 0.4) is 0 Å². The minimum absolute atomic E-state index is 0.0833. The molecule has 0 saturated carbocycles.